The fraction of sp³-hybridized carbons (Fsp3) is 0.364. The van der Waals surface area contributed by atoms with E-state index in [1.165, 1.54) is 4.90 Å². The highest BCUT2D eigenvalue weighted by Gasteiger charge is 2.35. The minimum Gasteiger partial charge on any atom is -0.311 e. The highest BCUT2D eigenvalue weighted by molar-refractivity contribution is 7.81. The minimum atomic E-state index is -4.73. The fourth-order valence-corrected chi connectivity index (χ4v) is 2.16. The smallest absolute Gasteiger partial charge is 0.311 e. The maximum Gasteiger partial charge on any atom is 0.419 e. The number of amides is 1. The summed E-state index contributed by atoms with van der Waals surface area (Å²) < 4.78 is 50.4. The topological polar surface area (TPSA) is 20.3 Å². The standard InChI is InChI=1S/C11H9F4NOS/c12-9-3-6(1-2-8(9)11(13,14)15)16-5-7(18)4-10(16)17/h1-3,7,18H,4-5H2. The second-order valence-electron chi connectivity index (χ2n) is 4.02. The summed E-state index contributed by atoms with van der Waals surface area (Å²) in [4.78, 5) is 12.7. The summed E-state index contributed by atoms with van der Waals surface area (Å²) in [5, 5.41) is -0.178. The Morgan fingerprint density at radius 3 is 2.44 bits per heavy atom. The van der Waals surface area contributed by atoms with Gasteiger partial charge in [0.2, 0.25) is 5.91 Å². The highest BCUT2D eigenvalue weighted by Crippen LogP contribution is 2.34. The van der Waals surface area contributed by atoms with Crippen LogP contribution in [0.15, 0.2) is 18.2 Å². The average molecular weight is 279 g/mol. The van der Waals surface area contributed by atoms with Crippen molar-refractivity contribution in [2.24, 2.45) is 0 Å². The number of rotatable bonds is 1. The number of carbonyl (C=O) groups is 1. The van der Waals surface area contributed by atoms with Gasteiger partial charge in [-0.15, -0.1) is 0 Å². The van der Waals surface area contributed by atoms with Gasteiger partial charge in [-0.3, -0.25) is 4.79 Å². The third kappa shape index (κ3) is 2.45. The Kier molecular flexibility index (Phi) is 3.27. The molecular weight excluding hydrogens is 270 g/mol. The monoisotopic (exact) mass is 279 g/mol. The normalized spacial score (nSPS) is 20.6. The Bertz CT molecular complexity index is 488. The van der Waals surface area contributed by atoms with Gasteiger partial charge in [-0.05, 0) is 18.2 Å². The van der Waals surface area contributed by atoms with Crippen molar-refractivity contribution < 1.29 is 22.4 Å². The molecule has 2 rings (SSSR count). The zero-order valence-corrected chi connectivity index (χ0v) is 9.93. The molecule has 1 heterocycles. The van der Waals surface area contributed by atoms with Crippen molar-refractivity contribution in [3.05, 3.63) is 29.6 Å². The number of hydrogen-bond acceptors (Lipinski definition) is 2. The summed E-state index contributed by atoms with van der Waals surface area (Å²) >= 11 is 4.12. The lowest BCUT2D eigenvalue weighted by molar-refractivity contribution is -0.139. The van der Waals surface area contributed by atoms with E-state index in [1.807, 2.05) is 0 Å². The second kappa shape index (κ2) is 4.46. The largest absolute Gasteiger partial charge is 0.419 e. The lowest BCUT2D eigenvalue weighted by Crippen LogP contribution is -2.25. The van der Waals surface area contributed by atoms with E-state index in [2.05, 4.69) is 12.6 Å². The van der Waals surface area contributed by atoms with Crippen LogP contribution in [-0.2, 0) is 11.0 Å². The Labute approximate surface area is 106 Å². The van der Waals surface area contributed by atoms with E-state index in [9.17, 15) is 22.4 Å². The van der Waals surface area contributed by atoms with E-state index in [0.717, 1.165) is 12.1 Å². The van der Waals surface area contributed by atoms with Crippen molar-refractivity contribution in [2.45, 2.75) is 17.8 Å². The van der Waals surface area contributed by atoms with Crippen LogP contribution < -0.4 is 4.90 Å². The molecule has 1 atom stereocenters. The average Bonchev–Trinajstić information content (AvgIpc) is 2.55. The van der Waals surface area contributed by atoms with Crippen molar-refractivity contribution in [1.82, 2.24) is 0 Å². The SMILES string of the molecule is O=C1CC(S)CN1c1ccc(C(F)(F)F)c(F)c1. The van der Waals surface area contributed by atoms with Crippen LogP contribution >= 0.6 is 12.6 Å². The molecule has 1 amide bonds. The molecule has 7 heteroatoms. The quantitative estimate of drug-likeness (QED) is 0.619. The Hall–Kier alpha value is -1.24. The molecule has 18 heavy (non-hydrogen) atoms. The van der Waals surface area contributed by atoms with Crippen LogP contribution in [0, 0.1) is 5.82 Å². The summed E-state index contributed by atoms with van der Waals surface area (Å²) in [6, 6.07) is 2.46. The molecule has 1 aliphatic heterocycles. The molecule has 0 aromatic heterocycles. The number of carbonyl (C=O) groups excluding carboxylic acids is 1. The third-order valence-corrected chi connectivity index (χ3v) is 3.02. The number of halogens is 4. The number of hydrogen-bond donors (Lipinski definition) is 1. The highest BCUT2D eigenvalue weighted by atomic mass is 32.1. The number of nitrogens with zero attached hydrogens (tertiary/aromatic N) is 1. The van der Waals surface area contributed by atoms with Crippen LogP contribution in [0.1, 0.15) is 12.0 Å². The van der Waals surface area contributed by atoms with Crippen molar-refractivity contribution in [1.29, 1.82) is 0 Å². The van der Waals surface area contributed by atoms with Gasteiger partial charge in [-0.1, -0.05) is 0 Å². The molecule has 1 aliphatic rings. The zero-order chi connectivity index (χ0) is 13.5. The summed E-state index contributed by atoms with van der Waals surface area (Å²) in [5.41, 5.74) is -1.21. The van der Waals surface area contributed by atoms with Gasteiger partial charge in [0.1, 0.15) is 5.82 Å². The lowest BCUT2D eigenvalue weighted by atomic mass is 10.1. The molecule has 1 aromatic rings. The van der Waals surface area contributed by atoms with Crippen molar-refractivity contribution >= 4 is 24.2 Å². The van der Waals surface area contributed by atoms with E-state index in [1.54, 1.807) is 0 Å². The van der Waals surface area contributed by atoms with Gasteiger partial charge in [0.05, 0.1) is 5.56 Å². The van der Waals surface area contributed by atoms with Gasteiger partial charge in [0.15, 0.2) is 0 Å². The molecule has 1 fully saturated rings. The first kappa shape index (κ1) is 13.2. The molecule has 0 saturated carbocycles. The van der Waals surface area contributed by atoms with Gasteiger partial charge in [0.25, 0.3) is 0 Å². The van der Waals surface area contributed by atoms with Crippen LogP contribution in [-0.4, -0.2) is 17.7 Å². The van der Waals surface area contributed by atoms with E-state index >= 15 is 0 Å². The molecule has 0 spiro atoms. The molecule has 1 unspecified atom stereocenters. The summed E-state index contributed by atoms with van der Waals surface area (Å²) in [7, 11) is 0. The summed E-state index contributed by atoms with van der Waals surface area (Å²) in [6.45, 7) is 0.271. The van der Waals surface area contributed by atoms with Crippen LogP contribution in [0.25, 0.3) is 0 Å². The predicted octanol–water partition coefficient (Wildman–Crippen LogP) is 2.88. The Balaban J connectivity index is 2.32. The summed E-state index contributed by atoms with van der Waals surface area (Å²) in [6.07, 6.45) is -4.53. The fourth-order valence-electron chi connectivity index (χ4n) is 1.84. The molecule has 1 aromatic carbocycles. The first-order chi connectivity index (χ1) is 8.29. The maximum atomic E-state index is 13.3. The molecular formula is C11H9F4NOS. The van der Waals surface area contributed by atoms with Crippen molar-refractivity contribution in [2.75, 3.05) is 11.4 Å². The van der Waals surface area contributed by atoms with Crippen LogP contribution in [0.2, 0.25) is 0 Å². The van der Waals surface area contributed by atoms with Gasteiger partial charge in [-0.25, -0.2) is 4.39 Å². The molecule has 98 valence electrons. The van der Waals surface area contributed by atoms with Crippen LogP contribution in [0.5, 0.6) is 0 Å². The summed E-state index contributed by atoms with van der Waals surface area (Å²) in [5.74, 6) is -1.65. The predicted molar refractivity (Wildman–Crippen MR) is 61.1 cm³/mol. The maximum absolute atomic E-state index is 13.3. The van der Waals surface area contributed by atoms with Crippen LogP contribution in [0.4, 0.5) is 23.2 Å². The van der Waals surface area contributed by atoms with E-state index in [0.29, 0.717) is 6.07 Å². The van der Waals surface area contributed by atoms with Crippen molar-refractivity contribution in [3.8, 4) is 0 Å². The van der Waals surface area contributed by atoms with Gasteiger partial charge in [-0.2, -0.15) is 25.8 Å². The first-order valence-corrected chi connectivity index (χ1v) is 5.66. The van der Waals surface area contributed by atoms with Crippen molar-refractivity contribution in [3.63, 3.8) is 0 Å². The van der Waals surface area contributed by atoms with Gasteiger partial charge >= 0.3 is 6.18 Å². The first-order valence-electron chi connectivity index (χ1n) is 5.14. The molecule has 0 N–H and O–H groups in total. The molecule has 0 bridgehead atoms. The lowest BCUT2D eigenvalue weighted by Gasteiger charge is -2.17. The molecule has 2 nitrogen and oxygen atoms in total. The molecule has 0 radical (unpaired) electrons. The molecule has 0 aliphatic carbocycles. The Morgan fingerprint density at radius 2 is 2.00 bits per heavy atom. The van der Waals surface area contributed by atoms with Gasteiger partial charge < -0.3 is 4.90 Å². The van der Waals surface area contributed by atoms with E-state index in [4.69, 9.17) is 0 Å². The number of anilines is 1. The van der Waals surface area contributed by atoms with Crippen LogP contribution in [0.3, 0.4) is 0 Å². The number of benzene rings is 1. The minimum absolute atomic E-state index is 0.127. The molecule has 1 saturated heterocycles. The van der Waals surface area contributed by atoms with E-state index in [-0.39, 0.29) is 29.8 Å². The van der Waals surface area contributed by atoms with Gasteiger partial charge in [0, 0.05) is 23.9 Å². The van der Waals surface area contributed by atoms with E-state index < -0.39 is 17.6 Å². The zero-order valence-electron chi connectivity index (χ0n) is 9.04. The second-order valence-corrected chi connectivity index (χ2v) is 4.75. The number of thiol groups is 1. The Morgan fingerprint density at radius 1 is 1.33 bits per heavy atom. The number of alkyl halides is 3. The third-order valence-electron chi connectivity index (χ3n) is 2.67.